The van der Waals surface area contributed by atoms with Crippen molar-refractivity contribution in [2.45, 2.75) is 13.8 Å². The first kappa shape index (κ1) is 13.3. The molecule has 1 aromatic carbocycles. The highest BCUT2D eigenvalue weighted by atomic mass is 35.5. The van der Waals surface area contributed by atoms with E-state index in [0.29, 0.717) is 0 Å². The molecular weight excluding hydrogens is 248 g/mol. The van der Waals surface area contributed by atoms with E-state index in [2.05, 4.69) is 0 Å². The molecule has 0 fully saturated rings. The fourth-order valence-corrected chi connectivity index (χ4v) is 1.35. The van der Waals surface area contributed by atoms with Crippen molar-refractivity contribution >= 4 is 23.5 Å². The van der Waals surface area contributed by atoms with E-state index in [9.17, 15) is 9.59 Å². The van der Waals surface area contributed by atoms with Gasteiger partial charge in [-0.1, -0.05) is 11.6 Å². The van der Waals surface area contributed by atoms with Crippen LogP contribution in [0.4, 0.5) is 0 Å². The Bertz CT molecular complexity index is 455. The maximum absolute atomic E-state index is 11.0. The van der Waals surface area contributed by atoms with Crippen molar-refractivity contribution in [1.29, 1.82) is 0 Å². The Morgan fingerprint density at radius 2 is 1.59 bits per heavy atom. The number of rotatable bonds is 3. The van der Waals surface area contributed by atoms with Crippen LogP contribution in [0.1, 0.15) is 13.8 Å². The Balaban J connectivity index is 3.30. The molecule has 0 bridgehead atoms. The second-order valence-electron chi connectivity index (χ2n) is 3.10. The van der Waals surface area contributed by atoms with Crippen molar-refractivity contribution < 1.29 is 23.8 Å². The Kier molecular flexibility index (Phi) is 4.34. The summed E-state index contributed by atoms with van der Waals surface area (Å²) in [5, 5.41) is 0.150. The fraction of sp³-hybridized carbons (Fsp3) is 0.273. The van der Waals surface area contributed by atoms with Crippen LogP contribution in [0.25, 0.3) is 0 Å². The van der Waals surface area contributed by atoms with Crippen molar-refractivity contribution in [2.75, 3.05) is 7.11 Å². The quantitative estimate of drug-likeness (QED) is 0.614. The first-order chi connectivity index (χ1) is 7.95. The van der Waals surface area contributed by atoms with E-state index in [1.807, 2.05) is 0 Å². The maximum Gasteiger partial charge on any atom is 0.308 e. The van der Waals surface area contributed by atoms with Crippen LogP contribution in [-0.4, -0.2) is 19.0 Å². The second kappa shape index (κ2) is 5.54. The molecule has 92 valence electrons. The molecule has 0 heterocycles. The lowest BCUT2D eigenvalue weighted by Gasteiger charge is -2.13. The van der Waals surface area contributed by atoms with Crippen LogP contribution in [0.15, 0.2) is 12.1 Å². The van der Waals surface area contributed by atoms with Crippen molar-refractivity contribution in [3.05, 3.63) is 17.2 Å². The number of hydrogen-bond acceptors (Lipinski definition) is 5. The van der Waals surface area contributed by atoms with Gasteiger partial charge in [0.25, 0.3) is 0 Å². The van der Waals surface area contributed by atoms with Gasteiger partial charge in [0.15, 0.2) is 11.5 Å². The Morgan fingerprint density at radius 1 is 1.06 bits per heavy atom. The van der Waals surface area contributed by atoms with Gasteiger partial charge in [-0.05, 0) is 12.1 Å². The highest BCUT2D eigenvalue weighted by Crippen LogP contribution is 2.42. The molecule has 0 saturated heterocycles. The largest absolute Gasteiger partial charge is 0.493 e. The molecule has 0 unspecified atom stereocenters. The van der Waals surface area contributed by atoms with E-state index in [0.717, 1.165) is 0 Å². The summed E-state index contributed by atoms with van der Waals surface area (Å²) in [7, 11) is 1.40. The summed E-state index contributed by atoms with van der Waals surface area (Å²) in [6.07, 6.45) is 0. The van der Waals surface area contributed by atoms with Crippen molar-refractivity contribution in [3.63, 3.8) is 0 Å². The van der Waals surface area contributed by atoms with Crippen molar-refractivity contribution in [2.24, 2.45) is 0 Å². The number of benzene rings is 1. The third-order valence-electron chi connectivity index (χ3n) is 1.74. The van der Waals surface area contributed by atoms with Gasteiger partial charge >= 0.3 is 11.9 Å². The van der Waals surface area contributed by atoms with Crippen LogP contribution in [0.2, 0.25) is 5.02 Å². The summed E-state index contributed by atoms with van der Waals surface area (Å²) >= 11 is 5.86. The second-order valence-corrected chi connectivity index (χ2v) is 3.50. The zero-order valence-corrected chi connectivity index (χ0v) is 10.3. The van der Waals surface area contributed by atoms with Crippen LogP contribution < -0.4 is 14.2 Å². The number of halogens is 1. The molecular formula is C11H11ClO5. The molecule has 0 aliphatic carbocycles. The molecule has 0 aliphatic heterocycles. The van der Waals surface area contributed by atoms with E-state index >= 15 is 0 Å². The van der Waals surface area contributed by atoms with Gasteiger partial charge in [-0.15, -0.1) is 0 Å². The van der Waals surface area contributed by atoms with Gasteiger partial charge in [-0.2, -0.15) is 0 Å². The van der Waals surface area contributed by atoms with Crippen LogP contribution in [-0.2, 0) is 9.59 Å². The maximum atomic E-state index is 11.0. The fourth-order valence-electron chi connectivity index (χ4n) is 1.16. The first-order valence-corrected chi connectivity index (χ1v) is 5.06. The van der Waals surface area contributed by atoms with E-state index < -0.39 is 11.9 Å². The minimum absolute atomic E-state index is 0.0114. The van der Waals surface area contributed by atoms with Crippen LogP contribution in [0.3, 0.4) is 0 Å². The average molecular weight is 259 g/mol. The minimum atomic E-state index is -0.575. The Labute approximate surface area is 103 Å². The standard InChI is InChI=1S/C11H11ClO5/c1-6(13)16-10-8(12)4-5-9(15-3)11(10)17-7(2)14/h4-5H,1-3H3. The molecule has 1 aromatic rings. The van der Waals surface area contributed by atoms with Gasteiger partial charge in [-0.3, -0.25) is 9.59 Å². The normalized spacial score (nSPS) is 9.65. The van der Waals surface area contributed by atoms with E-state index in [-0.39, 0.29) is 22.3 Å². The topological polar surface area (TPSA) is 61.8 Å². The van der Waals surface area contributed by atoms with Gasteiger partial charge in [0.1, 0.15) is 0 Å². The Morgan fingerprint density at radius 3 is 2.06 bits per heavy atom. The highest BCUT2D eigenvalue weighted by molar-refractivity contribution is 6.32. The lowest BCUT2D eigenvalue weighted by molar-refractivity contribution is -0.134. The third-order valence-corrected chi connectivity index (χ3v) is 2.04. The van der Waals surface area contributed by atoms with Gasteiger partial charge < -0.3 is 14.2 Å². The molecule has 0 aliphatic rings. The lowest BCUT2D eigenvalue weighted by Crippen LogP contribution is -2.08. The van der Waals surface area contributed by atoms with E-state index in [1.165, 1.54) is 33.1 Å². The SMILES string of the molecule is COc1ccc(Cl)c(OC(C)=O)c1OC(C)=O. The van der Waals surface area contributed by atoms with Crippen molar-refractivity contribution in [3.8, 4) is 17.2 Å². The monoisotopic (exact) mass is 258 g/mol. The Hall–Kier alpha value is -1.75. The van der Waals surface area contributed by atoms with E-state index in [4.69, 9.17) is 25.8 Å². The summed E-state index contributed by atoms with van der Waals surface area (Å²) in [4.78, 5) is 21.9. The summed E-state index contributed by atoms with van der Waals surface area (Å²) in [5.74, 6) is -0.940. The highest BCUT2D eigenvalue weighted by Gasteiger charge is 2.19. The molecule has 5 nitrogen and oxygen atoms in total. The van der Waals surface area contributed by atoms with E-state index in [1.54, 1.807) is 0 Å². The molecule has 0 atom stereocenters. The summed E-state index contributed by atoms with van der Waals surface area (Å²) in [5.41, 5.74) is 0. The predicted octanol–water partition coefficient (Wildman–Crippen LogP) is 2.20. The average Bonchev–Trinajstić information content (AvgIpc) is 2.22. The molecule has 6 heteroatoms. The molecule has 0 spiro atoms. The van der Waals surface area contributed by atoms with Crippen molar-refractivity contribution in [1.82, 2.24) is 0 Å². The first-order valence-electron chi connectivity index (χ1n) is 4.69. The van der Waals surface area contributed by atoms with Crippen LogP contribution >= 0.6 is 11.6 Å². The third kappa shape index (κ3) is 3.35. The minimum Gasteiger partial charge on any atom is -0.493 e. The zero-order chi connectivity index (χ0) is 13.0. The smallest absolute Gasteiger partial charge is 0.308 e. The predicted molar refractivity (Wildman–Crippen MR) is 60.6 cm³/mol. The summed E-state index contributed by atoms with van der Waals surface area (Å²) in [6, 6.07) is 2.99. The number of hydrogen-bond donors (Lipinski definition) is 0. The molecule has 1 rings (SSSR count). The summed E-state index contributed by atoms with van der Waals surface area (Å²) < 4.78 is 14.8. The zero-order valence-electron chi connectivity index (χ0n) is 9.57. The molecule has 0 N–H and O–H groups in total. The number of carbonyl (C=O) groups excluding carboxylic acids is 2. The summed E-state index contributed by atoms with van der Waals surface area (Å²) in [6.45, 7) is 2.44. The van der Waals surface area contributed by atoms with Gasteiger partial charge in [0.05, 0.1) is 12.1 Å². The molecule has 0 radical (unpaired) electrons. The van der Waals surface area contributed by atoms with Gasteiger partial charge in [-0.25, -0.2) is 0 Å². The molecule has 0 saturated carbocycles. The van der Waals surface area contributed by atoms with Crippen LogP contribution in [0, 0.1) is 0 Å². The van der Waals surface area contributed by atoms with Gasteiger partial charge in [0.2, 0.25) is 5.75 Å². The molecule has 17 heavy (non-hydrogen) atoms. The van der Waals surface area contributed by atoms with Crippen LogP contribution in [0.5, 0.6) is 17.2 Å². The number of ether oxygens (including phenoxy) is 3. The number of methoxy groups -OCH3 is 1. The number of esters is 2. The lowest BCUT2D eigenvalue weighted by atomic mass is 10.3. The molecule has 0 aromatic heterocycles. The number of carbonyl (C=O) groups is 2. The molecule has 0 amide bonds. The van der Waals surface area contributed by atoms with Gasteiger partial charge in [0, 0.05) is 13.8 Å².